The topological polar surface area (TPSA) is 156 Å². The second-order valence-electron chi connectivity index (χ2n) is 19.1. The molecular weight excluding hydrogens is 827 g/mol. The molecule has 4 amide bonds. The second-order valence-corrected chi connectivity index (χ2v) is 24.7. The summed E-state index contributed by atoms with van der Waals surface area (Å²) in [6.45, 7) is 16.9. The van der Waals surface area contributed by atoms with Crippen LogP contribution >= 0.6 is 0 Å². The minimum atomic E-state index is -1.33. The number of anilines is 1. The van der Waals surface area contributed by atoms with Crippen molar-refractivity contribution in [3.8, 4) is 11.8 Å². The lowest BCUT2D eigenvalue weighted by Crippen LogP contribution is -2.55. The number of carbonyl (C=O) groups excluding carboxylic acids is 5. The van der Waals surface area contributed by atoms with Gasteiger partial charge < -0.3 is 19.7 Å². The zero-order valence-corrected chi connectivity index (χ0v) is 39.3. The van der Waals surface area contributed by atoms with Crippen LogP contribution in [0.25, 0.3) is 10.9 Å². The van der Waals surface area contributed by atoms with Crippen LogP contribution in [-0.2, 0) is 32.0 Å². The van der Waals surface area contributed by atoms with Crippen molar-refractivity contribution in [3.63, 3.8) is 0 Å². The van der Waals surface area contributed by atoms with Gasteiger partial charge in [0, 0.05) is 80.4 Å². The standard InChI is InChI=1S/C49H61N7O7Si/c1-8-53-24-14-19-39(53)42-27-35-30-51-43(28-41(35)56(42)48(61)63-49(2,3)4)52-45(58)34-20-21-36(50-29-34)17-12-10-9-11-15-33-16-13-18-37-38(33)31-54(46(37)59)40-22-23-44(57)55(47(40)60)32-62-25-26-64(5,6)7/h13,16,18,20-21,27-30,39-40H,8-10,12,14,17,19,22-26,31-32H2,1-7H3,(H,51,52,58)/t39-,40?/m1/s1. The van der Waals surface area contributed by atoms with Crippen molar-refractivity contribution in [1.82, 2.24) is 29.2 Å². The third kappa shape index (κ3) is 10.8. The number of benzene rings is 1. The smallest absolute Gasteiger partial charge is 0.419 e. The molecule has 0 aliphatic carbocycles. The Kier molecular flexibility index (Phi) is 14.2. The Bertz CT molecular complexity index is 2480. The molecule has 3 aliphatic heterocycles. The number of nitrogens with zero attached hydrogens (tertiary/aromatic N) is 6. The molecule has 0 radical (unpaired) electrons. The maximum atomic E-state index is 13.6. The highest BCUT2D eigenvalue weighted by Gasteiger charge is 2.43. The van der Waals surface area contributed by atoms with E-state index in [1.807, 2.05) is 45.0 Å². The van der Waals surface area contributed by atoms with E-state index in [0.717, 1.165) is 77.6 Å². The first-order valence-electron chi connectivity index (χ1n) is 22.6. The number of unbranched alkanes of at least 4 members (excludes halogenated alkanes) is 2. The van der Waals surface area contributed by atoms with Crippen LogP contribution in [0, 0.1) is 11.8 Å². The van der Waals surface area contributed by atoms with Gasteiger partial charge in [0.15, 0.2) is 0 Å². The van der Waals surface area contributed by atoms with Crippen molar-refractivity contribution in [2.45, 2.75) is 129 Å². The van der Waals surface area contributed by atoms with Gasteiger partial charge in [-0.15, -0.1) is 0 Å². The predicted molar refractivity (Wildman–Crippen MR) is 247 cm³/mol. The molecular formula is C49H61N7O7Si. The molecule has 6 heterocycles. The maximum Gasteiger partial charge on any atom is 0.419 e. The Morgan fingerprint density at radius 3 is 2.53 bits per heavy atom. The number of likely N-dealkylation sites (tertiary alicyclic amines) is 2. The molecule has 4 aromatic rings. The van der Waals surface area contributed by atoms with Gasteiger partial charge in [0.2, 0.25) is 5.91 Å². The Morgan fingerprint density at radius 2 is 1.80 bits per heavy atom. The van der Waals surface area contributed by atoms with Gasteiger partial charge in [-0.25, -0.2) is 14.3 Å². The molecule has 7 rings (SSSR count). The third-order valence-corrected chi connectivity index (χ3v) is 13.7. The molecule has 1 N–H and O–H groups in total. The van der Waals surface area contributed by atoms with E-state index in [4.69, 9.17) is 9.47 Å². The van der Waals surface area contributed by atoms with Gasteiger partial charge >= 0.3 is 6.09 Å². The SMILES string of the molecule is CCN1CCC[C@@H]1c1cc2cnc(NC(=O)c3ccc(CCCCC#Cc4cccc5c4CN(C4CCC(=O)N(COCC[Si](C)(C)C)C4=O)C5=O)nc3)cc2n1C(=O)OC(C)(C)C. The van der Waals surface area contributed by atoms with Crippen LogP contribution in [-0.4, -0.2) is 105 Å². The van der Waals surface area contributed by atoms with Gasteiger partial charge in [-0.1, -0.05) is 44.5 Å². The number of piperidine rings is 1. The molecule has 0 spiro atoms. The van der Waals surface area contributed by atoms with E-state index in [2.05, 4.69) is 58.6 Å². The first kappa shape index (κ1) is 46.3. The fourth-order valence-electron chi connectivity index (χ4n) is 8.56. The van der Waals surface area contributed by atoms with Crippen LogP contribution in [0.4, 0.5) is 10.6 Å². The van der Waals surface area contributed by atoms with Crippen LogP contribution < -0.4 is 5.32 Å². The fourth-order valence-corrected chi connectivity index (χ4v) is 9.32. The maximum absolute atomic E-state index is 13.6. The monoisotopic (exact) mass is 887 g/mol. The van der Waals surface area contributed by atoms with Gasteiger partial charge in [-0.3, -0.25) is 34.0 Å². The zero-order chi connectivity index (χ0) is 45.8. The minimum Gasteiger partial charge on any atom is -0.443 e. The highest BCUT2D eigenvalue weighted by molar-refractivity contribution is 6.76. The zero-order valence-electron chi connectivity index (χ0n) is 38.3. The number of fused-ring (bicyclic) bond motifs is 2. The average Bonchev–Trinajstić information content (AvgIpc) is 3.96. The van der Waals surface area contributed by atoms with Gasteiger partial charge in [-0.05, 0) is 114 Å². The molecule has 64 heavy (non-hydrogen) atoms. The van der Waals surface area contributed by atoms with Crippen LogP contribution in [0.2, 0.25) is 25.7 Å². The largest absolute Gasteiger partial charge is 0.443 e. The van der Waals surface area contributed by atoms with Crippen molar-refractivity contribution in [2.75, 3.05) is 31.7 Å². The van der Waals surface area contributed by atoms with E-state index in [-0.39, 0.29) is 55.8 Å². The number of carbonyl (C=O) groups is 5. The molecule has 3 aromatic heterocycles. The Balaban J connectivity index is 0.915. The molecule has 2 atom stereocenters. The van der Waals surface area contributed by atoms with Crippen molar-refractivity contribution in [1.29, 1.82) is 0 Å². The summed E-state index contributed by atoms with van der Waals surface area (Å²) in [5.74, 6) is 5.61. The Morgan fingerprint density at radius 1 is 0.984 bits per heavy atom. The number of rotatable bonds is 14. The lowest BCUT2D eigenvalue weighted by molar-refractivity contribution is -0.158. The lowest BCUT2D eigenvalue weighted by atomic mass is 10.0. The molecule has 2 saturated heterocycles. The lowest BCUT2D eigenvalue weighted by Gasteiger charge is -2.35. The van der Waals surface area contributed by atoms with Gasteiger partial charge in [0.1, 0.15) is 24.2 Å². The molecule has 0 bridgehead atoms. The average molecular weight is 888 g/mol. The number of ether oxygens (including phenoxy) is 2. The summed E-state index contributed by atoms with van der Waals surface area (Å²) in [6, 6.07) is 13.1. The fraction of sp³-hybridized carbons (Fsp3) is 0.490. The molecule has 0 saturated carbocycles. The highest BCUT2D eigenvalue weighted by Crippen LogP contribution is 2.36. The number of pyridine rings is 2. The van der Waals surface area contributed by atoms with Crippen molar-refractivity contribution in [2.24, 2.45) is 0 Å². The second kappa shape index (κ2) is 19.6. The normalized spacial score (nSPS) is 18.1. The summed E-state index contributed by atoms with van der Waals surface area (Å²) in [4.78, 5) is 80.9. The van der Waals surface area contributed by atoms with Crippen molar-refractivity contribution >= 4 is 54.5 Å². The van der Waals surface area contributed by atoms with E-state index in [9.17, 15) is 24.0 Å². The Labute approximate surface area is 377 Å². The van der Waals surface area contributed by atoms with E-state index < -0.39 is 25.8 Å². The molecule has 3 aliphatic rings. The highest BCUT2D eigenvalue weighted by atomic mass is 28.3. The number of nitrogens with one attached hydrogen (secondary N) is 1. The summed E-state index contributed by atoms with van der Waals surface area (Å²) >= 11 is 0. The Hall–Kier alpha value is -5.69. The number of amides is 4. The van der Waals surface area contributed by atoms with Crippen molar-refractivity contribution in [3.05, 3.63) is 88.5 Å². The number of imide groups is 1. The number of hydrogen-bond acceptors (Lipinski definition) is 10. The first-order valence-corrected chi connectivity index (χ1v) is 26.3. The number of aryl methyl sites for hydroxylation is 1. The first-order chi connectivity index (χ1) is 30.5. The van der Waals surface area contributed by atoms with Gasteiger partial charge in [0.25, 0.3) is 17.7 Å². The molecule has 15 heteroatoms. The number of hydrogen-bond donors (Lipinski definition) is 1. The number of aromatic nitrogens is 3. The molecule has 1 unspecified atom stereocenters. The summed E-state index contributed by atoms with van der Waals surface area (Å²) in [5, 5.41) is 3.67. The summed E-state index contributed by atoms with van der Waals surface area (Å²) in [6.07, 6.45) is 8.26. The van der Waals surface area contributed by atoms with Crippen LogP contribution in [0.3, 0.4) is 0 Å². The summed E-state index contributed by atoms with van der Waals surface area (Å²) in [5.41, 5.74) is 4.16. The van der Waals surface area contributed by atoms with Crippen LogP contribution in [0.1, 0.15) is 122 Å². The minimum absolute atomic E-state index is 0.0794. The van der Waals surface area contributed by atoms with E-state index in [1.165, 1.54) is 0 Å². The van der Waals surface area contributed by atoms with E-state index in [0.29, 0.717) is 41.9 Å². The van der Waals surface area contributed by atoms with Crippen molar-refractivity contribution < 1.29 is 33.4 Å². The summed E-state index contributed by atoms with van der Waals surface area (Å²) < 4.78 is 13.2. The van der Waals surface area contributed by atoms with Crippen LogP contribution in [0.15, 0.2) is 54.9 Å². The quantitative estimate of drug-likeness (QED) is 0.0567. The van der Waals surface area contributed by atoms with Gasteiger partial charge in [0.05, 0.1) is 17.1 Å². The van der Waals surface area contributed by atoms with E-state index in [1.54, 1.807) is 40.1 Å². The predicted octanol–water partition coefficient (Wildman–Crippen LogP) is 8.17. The van der Waals surface area contributed by atoms with Gasteiger partial charge in [-0.2, -0.15) is 0 Å². The summed E-state index contributed by atoms with van der Waals surface area (Å²) in [7, 11) is -1.33. The molecule has 2 fully saturated rings. The third-order valence-electron chi connectivity index (χ3n) is 12.0. The molecule has 338 valence electrons. The van der Waals surface area contributed by atoms with E-state index >= 15 is 0 Å². The molecule has 1 aromatic carbocycles. The van der Waals surface area contributed by atoms with Crippen LogP contribution in [0.5, 0.6) is 0 Å². The molecule has 14 nitrogen and oxygen atoms in total.